The predicted octanol–water partition coefficient (Wildman–Crippen LogP) is 3.82. The predicted molar refractivity (Wildman–Crippen MR) is 67.7 cm³/mol. The van der Waals surface area contributed by atoms with Gasteiger partial charge in [-0.2, -0.15) is 0 Å². The number of halogens is 1. The van der Waals surface area contributed by atoms with E-state index < -0.39 is 0 Å². The van der Waals surface area contributed by atoms with Crippen molar-refractivity contribution in [2.24, 2.45) is 0 Å². The summed E-state index contributed by atoms with van der Waals surface area (Å²) in [7, 11) is 0. The molecule has 0 bridgehead atoms. The number of aryl methyl sites for hydroxylation is 1. The largest absolute Gasteiger partial charge is 0.239 e. The fourth-order valence-electron chi connectivity index (χ4n) is 1.10. The van der Waals surface area contributed by atoms with Gasteiger partial charge in [-0.25, -0.2) is 4.98 Å². The van der Waals surface area contributed by atoms with Gasteiger partial charge in [0, 0.05) is 5.38 Å². The van der Waals surface area contributed by atoms with E-state index in [1.54, 1.807) is 22.7 Å². The van der Waals surface area contributed by atoms with Gasteiger partial charge in [-0.1, -0.05) is 34.2 Å². The highest BCUT2D eigenvalue weighted by molar-refractivity contribution is 9.09. The van der Waals surface area contributed by atoms with Crippen molar-refractivity contribution in [2.45, 2.75) is 25.1 Å². The second kappa shape index (κ2) is 4.67. The average Bonchev–Trinajstić information content (AvgIpc) is 2.84. The zero-order valence-corrected chi connectivity index (χ0v) is 11.6. The number of rotatable bonds is 3. The van der Waals surface area contributed by atoms with E-state index in [1.165, 1.54) is 0 Å². The minimum atomic E-state index is 0.309. The topological polar surface area (TPSA) is 38.7 Å². The number of nitrogens with zero attached hydrogens (tertiary/aromatic N) is 3. The van der Waals surface area contributed by atoms with Crippen LogP contribution in [0, 0.1) is 6.92 Å². The van der Waals surface area contributed by atoms with Crippen LogP contribution in [0.1, 0.15) is 28.2 Å². The van der Waals surface area contributed by atoms with Gasteiger partial charge in [-0.05, 0) is 13.3 Å². The maximum atomic E-state index is 4.39. The Labute approximate surface area is 105 Å². The Balaban J connectivity index is 2.27. The molecule has 0 radical (unpaired) electrons. The first-order valence-corrected chi connectivity index (χ1v) is 7.22. The molecule has 1 atom stereocenters. The van der Waals surface area contributed by atoms with Gasteiger partial charge in [0.15, 0.2) is 5.01 Å². The van der Waals surface area contributed by atoms with Crippen LogP contribution >= 0.6 is 38.6 Å². The van der Waals surface area contributed by atoms with Gasteiger partial charge in [0.05, 0.1) is 9.83 Å². The van der Waals surface area contributed by atoms with Crippen LogP contribution in [-0.2, 0) is 0 Å². The Morgan fingerprint density at radius 3 is 2.87 bits per heavy atom. The van der Waals surface area contributed by atoms with Crippen molar-refractivity contribution in [2.75, 3.05) is 0 Å². The summed E-state index contributed by atoms with van der Waals surface area (Å²) < 4.78 is 0. The summed E-state index contributed by atoms with van der Waals surface area (Å²) >= 11 is 6.81. The van der Waals surface area contributed by atoms with Gasteiger partial charge in [0.2, 0.25) is 0 Å². The van der Waals surface area contributed by atoms with E-state index in [2.05, 4.69) is 38.0 Å². The third-order valence-corrected chi connectivity index (χ3v) is 5.12. The molecule has 0 aliphatic carbocycles. The van der Waals surface area contributed by atoms with E-state index in [0.29, 0.717) is 4.83 Å². The SMILES string of the molecule is CCC(Br)c1nnc(-c2csc(C)n2)s1. The van der Waals surface area contributed by atoms with Gasteiger partial charge in [-0.3, -0.25) is 0 Å². The summed E-state index contributed by atoms with van der Waals surface area (Å²) in [5.74, 6) is 0. The highest BCUT2D eigenvalue weighted by Gasteiger charge is 2.14. The van der Waals surface area contributed by atoms with Gasteiger partial charge in [0.25, 0.3) is 0 Å². The van der Waals surface area contributed by atoms with Crippen LogP contribution in [0.4, 0.5) is 0 Å². The smallest absolute Gasteiger partial charge is 0.167 e. The van der Waals surface area contributed by atoms with Crippen LogP contribution in [-0.4, -0.2) is 15.2 Å². The minimum absolute atomic E-state index is 0.309. The highest BCUT2D eigenvalue weighted by atomic mass is 79.9. The molecular formula is C9H10BrN3S2. The second-order valence-corrected chi connectivity index (χ2v) is 6.25. The minimum Gasteiger partial charge on any atom is -0.239 e. The number of thiazole rings is 1. The second-order valence-electron chi connectivity index (χ2n) is 3.07. The molecule has 0 saturated carbocycles. The van der Waals surface area contributed by atoms with E-state index >= 15 is 0 Å². The van der Waals surface area contributed by atoms with Gasteiger partial charge in [-0.15, -0.1) is 21.5 Å². The number of aromatic nitrogens is 3. The molecule has 2 aromatic rings. The lowest BCUT2D eigenvalue weighted by Crippen LogP contribution is -1.84. The molecule has 2 rings (SSSR count). The first-order valence-electron chi connectivity index (χ1n) is 4.60. The summed E-state index contributed by atoms with van der Waals surface area (Å²) in [4.78, 5) is 4.70. The van der Waals surface area contributed by atoms with Crippen molar-refractivity contribution in [3.8, 4) is 10.7 Å². The van der Waals surface area contributed by atoms with Gasteiger partial charge >= 0.3 is 0 Å². The van der Waals surface area contributed by atoms with Gasteiger partial charge < -0.3 is 0 Å². The monoisotopic (exact) mass is 303 g/mol. The van der Waals surface area contributed by atoms with Gasteiger partial charge in [0.1, 0.15) is 10.7 Å². The zero-order valence-electron chi connectivity index (χ0n) is 8.40. The number of hydrogen-bond donors (Lipinski definition) is 0. The van der Waals surface area contributed by atoms with Crippen molar-refractivity contribution >= 4 is 38.6 Å². The van der Waals surface area contributed by atoms with E-state index in [0.717, 1.165) is 27.1 Å². The third kappa shape index (κ3) is 2.43. The Bertz CT molecular complexity index is 452. The average molecular weight is 304 g/mol. The molecule has 2 aromatic heterocycles. The summed E-state index contributed by atoms with van der Waals surface area (Å²) in [6.07, 6.45) is 1.02. The van der Waals surface area contributed by atoms with Crippen molar-refractivity contribution in [1.29, 1.82) is 0 Å². The lowest BCUT2D eigenvalue weighted by atomic mass is 10.4. The summed E-state index contributed by atoms with van der Waals surface area (Å²) in [6, 6.07) is 0. The van der Waals surface area contributed by atoms with Crippen molar-refractivity contribution in [1.82, 2.24) is 15.2 Å². The Morgan fingerprint density at radius 2 is 2.27 bits per heavy atom. The quantitative estimate of drug-likeness (QED) is 0.809. The molecule has 0 amide bonds. The summed E-state index contributed by atoms with van der Waals surface area (Å²) in [6.45, 7) is 4.11. The summed E-state index contributed by atoms with van der Waals surface area (Å²) in [5.41, 5.74) is 0.942. The van der Waals surface area contributed by atoms with Crippen molar-refractivity contribution < 1.29 is 0 Å². The van der Waals surface area contributed by atoms with E-state index in [9.17, 15) is 0 Å². The molecule has 1 unspecified atom stereocenters. The Hall–Kier alpha value is -0.330. The zero-order chi connectivity index (χ0) is 10.8. The molecule has 15 heavy (non-hydrogen) atoms. The van der Waals surface area contributed by atoms with Crippen LogP contribution in [0.2, 0.25) is 0 Å². The molecule has 80 valence electrons. The molecule has 2 heterocycles. The molecule has 6 heteroatoms. The van der Waals surface area contributed by atoms with E-state index in [4.69, 9.17) is 0 Å². The van der Waals surface area contributed by atoms with E-state index in [1.807, 2.05) is 12.3 Å². The molecule has 0 N–H and O–H groups in total. The molecule has 0 aromatic carbocycles. The maximum Gasteiger partial charge on any atom is 0.167 e. The first kappa shape index (κ1) is 11.2. The molecular weight excluding hydrogens is 294 g/mol. The first-order chi connectivity index (χ1) is 7.20. The van der Waals surface area contributed by atoms with Crippen molar-refractivity contribution in [3.05, 3.63) is 15.4 Å². The molecule has 0 spiro atoms. The van der Waals surface area contributed by atoms with E-state index in [-0.39, 0.29) is 0 Å². The van der Waals surface area contributed by atoms with Crippen LogP contribution < -0.4 is 0 Å². The maximum absolute atomic E-state index is 4.39. The fourth-order valence-corrected chi connectivity index (χ4v) is 3.01. The summed E-state index contributed by atoms with van der Waals surface area (Å²) in [5, 5.41) is 13.3. The Morgan fingerprint density at radius 1 is 1.47 bits per heavy atom. The van der Waals surface area contributed by atoms with Crippen LogP contribution in [0.3, 0.4) is 0 Å². The van der Waals surface area contributed by atoms with Crippen LogP contribution in [0.15, 0.2) is 5.38 Å². The van der Waals surface area contributed by atoms with Crippen LogP contribution in [0.5, 0.6) is 0 Å². The molecule has 0 aliphatic rings. The number of hydrogen-bond acceptors (Lipinski definition) is 5. The Kier molecular flexibility index (Phi) is 3.48. The molecule has 0 fully saturated rings. The standard InChI is InChI=1S/C9H10BrN3S2/c1-3-6(10)8-12-13-9(15-8)7-4-14-5(2)11-7/h4,6H,3H2,1-2H3. The molecule has 0 aliphatic heterocycles. The normalized spacial score (nSPS) is 13.0. The molecule has 0 saturated heterocycles. The highest BCUT2D eigenvalue weighted by Crippen LogP contribution is 2.32. The molecule has 3 nitrogen and oxygen atoms in total. The fraction of sp³-hybridized carbons (Fsp3) is 0.444. The third-order valence-electron chi connectivity index (χ3n) is 1.91. The van der Waals surface area contributed by atoms with Crippen LogP contribution in [0.25, 0.3) is 10.7 Å². The lowest BCUT2D eigenvalue weighted by Gasteiger charge is -1.97. The number of alkyl halides is 1. The van der Waals surface area contributed by atoms with Crippen molar-refractivity contribution in [3.63, 3.8) is 0 Å². The lowest BCUT2D eigenvalue weighted by molar-refractivity contribution is 0.870.